The molecule has 0 radical (unpaired) electrons. The van der Waals surface area contributed by atoms with Crippen LogP contribution >= 0.6 is 0 Å². The molecule has 0 spiro atoms. The van der Waals surface area contributed by atoms with Gasteiger partial charge in [-0.15, -0.1) is 0 Å². The van der Waals surface area contributed by atoms with Crippen LogP contribution in [-0.4, -0.2) is 31.7 Å². The van der Waals surface area contributed by atoms with Crippen molar-refractivity contribution in [1.82, 2.24) is 5.32 Å². The smallest absolute Gasteiger partial charge is 0.133 e. The van der Waals surface area contributed by atoms with Crippen LogP contribution in [0.15, 0.2) is 73.3 Å². The second-order valence-electron chi connectivity index (χ2n) is 6.26. The zero-order chi connectivity index (χ0) is 15.8. The maximum Gasteiger partial charge on any atom is 0.133 e. The topological polar surface area (TPSA) is 12.0 Å². The Morgan fingerprint density at radius 1 is 1.00 bits per heavy atom. The summed E-state index contributed by atoms with van der Waals surface area (Å²) in [7, 11) is 4.53. The van der Waals surface area contributed by atoms with Gasteiger partial charge in [-0.3, -0.25) is 0 Å². The fourth-order valence-corrected chi connectivity index (χ4v) is 2.81. The Morgan fingerprint density at radius 2 is 1.57 bits per heavy atom. The van der Waals surface area contributed by atoms with E-state index in [1.54, 1.807) is 0 Å². The van der Waals surface area contributed by atoms with Crippen molar-refractivity contribution in [3.8, 4) is 0 Å². The third kappa shape index (κ3) is 5.83. The highest BCUT2D eigenvalue weighted by atomic mass is 35.5. The van der Waals surface area contributed by atoms with Crippen molar-refractivity contribution in [1.29, 1.82) is 0 Å². The number of nitrogens with zero attached hydrogens (tertiary/aromatic N) is 1. The largest absolute Gasteiger partial charge is 1.00 e. The maximum atomic E-state index is 4.04. The van der Waals surface area contributed by atoms with Crippen molar-refractivity contribution in [2.45, 2.75) is 12.6 Å². The first-order valence-electron chi connectivity index (χ1n) is 7.88. The highest BCUT2D eigenvalue weighted by Crippen LogP contribution is 2.25. The van der Waals surface area contributed by atoms with E-state index in [9.17, 15) is 0 Å². The SMILES string of the molecule is C=CC(c1ccccc1)[N+](C)(C)CCNCc1ccccc1.[Cl-]. The summed E-state index contributed by atoms with van der Waals surface area (Å²) < 4.78 is 0.898. The monoisotopic (exact) mass is 330 g/mol. The van der Waals surface area contributed by atoms with Gasteiger partial charge in [0.1, 0.15) is 6.04 Å². The van der Waals surface area contributed by atoms with Crippen molar-refractivity contribution in [2.75, 3.05) is 27.2 Å². The Balaban J connectivity index is 0.00000264. The summed E-state index contributed by atoms with van der Waals surface area (Å²) >= 11 is 0. The Hall–Kier alpha value is -1.61. The van der Waals surface area contributed by atoms with Crippen LogP contribution in [0.25, 0.3) is 0 Å². The molecule has 3 heteroatoms. The number of quaternary nitrogens is 1. The van der Waals surface area contributed by atoms with Gasteiger partial charge in [-0.25, -0.2) is 0 Å². The number of hydrogen-bond donors (Lipinski definition) is 1. The van der Waals surface area contributed by atoms with E-state index in [4.69, 9.17) is 0 Å². The second kappa shape index (κ2) is 9.51. The molecular formula is C20H27ClN2. The van der Waals surface area contributed by atoms with Crippen molar-refractivity contribution >= 4 is 0 Å². The molecule has 2 nitrogen and oxygen atoms in total. The van der Waals surface area contributed by atoms with Crippen LogP contribution in [0.1, 0.15) is 17.2 Å². The highest BCUT2D eigenvalue weighted by molar-refractivity contribution is 5.20. The van der Waals surface area contributed by atoms with Gasteiger partial charge in [-0.1, -0.05) is 67.2 Å². The van der Waals surface area contributed by atoms with Gasteiger partial charge in [0.2, 0.25) is 0 Å². The molecule has 0 fully saturated rings. The number of likely N-dealkylation sites (N-methyl/N-ethyl adjacent to an activating group) is 1. The van der Waals surface area contributed by atoms with Crippen molar-refractivity contribution in [3.05, 3.63) is 84.4 Å². The van der Waals surface area contributed by atoms with Crippen molar-refractivity contribution < 1.29 is 16.9 Å². The lowest BCUT2D eigenvalue weighted by Crippen LogP contribution is -3.00. The Bertz CT molecular complexity index is 567. The molecule has 1 N–H and O–H groups in total. The van der Waals surface area contributed by atoms with Crippen LogP contribution in [0.2, 0.25) is 0 Å². The van der Waals surface area contributed by atoms with Crippen LogP contribution in [0.4, 0.5) is 0 Å². The lowest BCUT2D eigenvalue weighted by atomic mass is 10.0. The van der Waals surface area contributed by atoms with Gasteiger partial charge in [0, 0.05) is 18.7 Å². The van der Waals surface area contributed by atoms with Crippen LogP contribution < -0.4 is 17.7 Å². The third-order valence-corrected chi connectivity index (χ3v) is 4.15. The van der Waals surface area contributed by atoms with Gasteiger partial charge in [-0.2, -0.15) is 0 Å². The predicted octanol–water partition coefficient (Wildman–Crippen LogP) is 0.784. The minimum Gasteiger partial charge on any atom is -1.00 e. The van der Waals surface area contributed by atoms with E-state index < -0.39 is 0 Å². The molecule has 0 bridgehead atoms. The highest BCUT2D eigenvalue weighted by Gasteiger charge is 2.26. The van der Waals surface area contributed by atoms with Crippen molar-refractivity contribution in [3.63, 3.8) is 0 Å². The zero-order valence-electron chi connectivity index (χ0n) is 14.1. The minimum atomic E-state index is 0. The molecule has 0 aliphatic carbocycles. The van der Waals surface area contributed by atoms with E-state index in [2.05, 4.69) is 92.7 Å². The van der Waals surface area contributed by atoms with Crippen LogP contribution in [-0.2, 0) is 6.54 Å². The van der Waals surface area contributed by atoms with E-state index in [0.29, 0.717) is 6.04 Å². The molecule has 124 valence electrons. The summed E-state index contributed by atoms with van der Waals surface area (Å²) in [6, 6.07) is 21.5. The molecule has 0 saturated carbocycles. The molecule has 1 unspecified atom stereocenters. The fraction of sp³-hybridized carbons (Fsp3) is 0.300. The van der Waals surface area contributed by atoms with Crippen LogP contribution in [0.5, 0.6) is 0 Å². The molecule has 0 amide bonds. The molecule has 0 heterocycles. The molecule has 0 saturated heterocycles. The van der Waals surface area contributed by atoms with Gasteiger partial charge in [0.05, 0.1) is 20.6 Å². The van der Waals surface area contributed by atoms with Gasteiger partial charge in [0.25, 0.3) is 0 Å². The normalized spacial score (nSPS) is 12.3. The first-order valence-corrected chi connectivity index (χ1v) is 7.88. The Kier molecular flexibility index (Phi) is 8.04. The standard InChI is InChI=1S/C20H27N2.ClH/c1-4-20(19-13-9-6-10-14-19)22(2,3)16-15-21-17-18-11-7-5-8-12-18;/h4-14,20-21H,1,15-17H2,2-3H3;1H/q+1;/p-1. The van der Waals surface area contributed by atoms with E-state index >= 15 is 0 Å². The molecule has 2 aromatic rings. The first-order chi connectivity index (χ1) is 10.6. The zero-order valence-corrected chi connectivity index (χ0v) is 14.8. The molecule has 2 rings (SSSR count). The maximum absolute atomic E-state index is 4.04. The number of benzene rings is 2. The summed E-state index contributed by atoms with van der Waals surface area (Å²) in [4.78, 5) is 0. The molecule has 0 aliphatic heterocycles. The molecule has 23 heavy (non-hydrogen) atoms. The average Bonchev–Trinajstić information content (AvgIpc) is 2.54. The number of rotatable bonds is 8. The molecule has 0 aliphatic rings. The summed E-state index contributed by atoms with van der Waals surface area (Å²) in [5.74, 6) is 0. The van der Waals surface area contributed by atoms with E-state index in [0.717, 1.165) is 24.1 Å². The van der Waals surface area contributed by atoms with E-state index in [-0.39, 0.29) is 12.4 Å². The summed E-state index contributed by atoms with van der Waals surface area (Å²) in [6.07, 6.45) is 2.06. The minimum absolute atomic E-state index is 0. The fourth-order valence-electron chi connectivity index (χ4n) is 2.81. The van der Waals surface area contributed by atoms with Gasteiger partial charge >= 0.3 is 0 Å². The molecular weight excluding hydrogens is 304 g/mol. The Labute approximate surface area is 146 Å². The van der Waals surface area contributed by atoms with E-state index in [1.807, 2.05) is 0 Å². The van der Waals surface area contributed by atoms with E-state index in [1.165, 1.54) is 11.1 Å². The quantitative estimate of drug-likeness (QED) is 0.428. The summed E-state index contributed by atoms with van der Waals surface area (Å²) in [6.45, 7) is 7.00. The van der Waals surface area contributed by atoms with Crippen LogP contribution in [0, 0.1) is 0 Å². The number of nitrogens with one attached hydrogen (secondary N) is 1. The van der Waals surface area contributed by atoms with Crippen molar-refractivity contribution in [2.24, 2.45) is 0 Å². The summed E-state index contributed by atoms with van der Waals surface area (Å²) in [5, 5.41) is 3.54. The lowest BCUT2D eigenvalue weighted by molar-refractivity contribution is -0.913. The van der Waals surface area contributed by atoms with Gasteiger partial charge < -0.3 is 22.2 Å². The molecule has 2 aromatic carbocycles. The summed E-state index contributed by atoms with van der Waals surface area (Å²) in [5.41, 5.74) is 2.65. The second-order valence-corrected chi connectivity index (χ2v) is 6.26. The van der Waals surface area contributed by atoms with Gasteiger partial charge in [0.15, 0.2) is 0 Å². The average molecular weight is 331 g/mol. The Morgan fingerprint density at radius 3 is 2.13 bits per heavy atom. The molecule has 0 aromatic heterocycles. The van der Waals surface area contributed by atoms with Crippen LogP contribution in [0.3, 0.4) is 0 Å². The van der Waals surface area contributed by atoms with Gasteiger partial charge in [-0.05, 0) is 11.6 Å². The number of hydrogen-bond acceptors (Lipinski definition) is 1. The third-order valence-electron chi connectivity index (χ3n) is 4.15. The lowest BCUT2D eigenvalue weighted by Gasteiger charge is -2.37. The first kappa shape index (κ1) is 19.4. The predicted molar refractivity (Wildman–Crippen MR) is 94.5 cm³/mol. The molecule has 1 atom stereocenters. The number of halogens is 1.